The van der Waals surface area contributed by atoms with Gasteiger partial charge in [0.15, 0.2) is 16.9 Å². The largest absolute Gasteiger partial charge is 0.396 e. The van der Waals surface area contributed by atoms with E-state index in [4.69, 9.17) is 5.73 Å². The van der Waals surface area contributed by atoms with E-state index in [0.29, 0.717) is 5.69 Å². The first kappa shape index (κ1) is 39.4. The summed E-state index contributed by atoms with van der Waals surface area (Å²) in [6, 6.07) is 0. The summed E-state index contributed by atoms with van der Waals surface area (Å²) >= 11 is 2.94. The number of alkyl halides is 1. The van der Waals surface area contributed by atoms with Crippen LogP contribution in [-0.4, -0.2) is 63.5 Å². The molecule has 6 aromatic heterocycles. The maximum Gasteiger partial charge on any atom is 0.163 e. The van der Waals surface area contributed by atoms with Gasteiger partial charge in [-0.05, 0) is 24.6 Å². The molecule has 2 atom stereocenters. The molecule has 0 saturated heterocycles. The Kier molecular flexibility index (Phi) is 20.5. The monoisotopic (exact) mass is 708 g/mol. The van der Waals surface area contributed by atoms with Crippen LogP contribution in [-0.2, 0) is 0 Å². The van der Waals surface area contributed by atoms with Crippen LogP contribution in [0.3, 0.4) is 0 Å². The molecule has 6 heterocycles. The van der Waals surface area contributed by atoms with Crippen LogP contribution >= 0.6 is 34.7 Å². The number of H-pyrrole nitrogens is 1. The van der Waals surface area contributed by atoms with Crippen molar-refractivity contribution in [3.8, 4) is 0 Å². The van der Waals surface area contributed by atoms with Crippen molar-refractivity contribution in [2.24, 2.45) is 0 Å². The van der Waals surface area contributed by atoms with E-state index in [1.165, 1.54) is 0 Å². The molecule has 212 valence electrons. The summed E-state index contributed by atoms with van der Waals surface area (Å²) in [4.78, 5) is 27.8. The molecule has 0 radical (unpaired) electrons. The quantitative estimate of drug-likeness (QED) is 0.156. The van der Waals surface area contributed by atoms with Gasteiger partial charge in [-0.25, -0.2) is 29.9 Å². The number of nitrogen functional groups attached to an aromatic ring is 1. The molecule has 18 heteroatoms. The molecule has 0 spiro atoms. The average Bonchev–Trinajstić information content (AvgIpc) is 3.59. The second kappa shape index (κ2) is 20.3. The van der Waals surface area contributed by atoms with Crippen LogP contribution in [0.1, 0.15) is 0 Å². The molecular formula is C21H27Ar3BrN12P2. The molecule has 6 rings (SSSR count). The smallest absolute Gasteiger partial charge is 0.163 e. The minimum absolute atomic E-state index is 0. The number of fused-ring (bicyclic) bond motifs is 3. The van der Waals surface area contributed by atoms with E-state index in [1.54, 1.807) is 47.7 Å². The zero-order chi connectivity index (χ0) is 26.1. The van der Waals surface area contributed by atoms with E-state index in [1.807, 2.05) is 36.7 Å². The van der Waals surface area contributed by atoms with E-state index in [9.17, 15) is 0 Å². The third-order valence-electron chi connectivity index (χ3n) is 4.77. The molecule has 0 aliphatic carbocycles. The van der Waals surface area contributed by atoms with E-state index in [2.05, 4.69) is 80.2 Å². The van der Waals surface area contributed by atoms with E-state index >= 15 is 0 Å². The van der Waals surface area contributed by atoms with Gasteiger partial charge in [-0.1, -0.05) is 15.9 Å². The summed E-state index contributed by atoms with van der Waals surface area (Å²) in [6.07, 6.45) is 15.5. The van der Waals surface area contributed by atoms with Gasteiger partial charge in [0.1, 0.15) is 16.6 Å². The van der Waals surface area contributed by atoms with E-state index < -0.39 is 0 Å². The third kappa shape index (κ3) is 10.3. The predicted octanol–water partition coefficient (Wildman–Crippen LogP) is 3.77. The van der Waals surface area contributed by atoms with Crippen molar-refractivity contribution in [1.29, 1.82) is 0 Å². The molecule has 0 aliphatic rings. The first-order valence-electron chi connectivity index (χ1n) is 10.4. The predicted molar refractivity (Wildman–Crippen MR) is 158 cm³/mol. The fourth-order valence-electron chi connectivity index (χ4n) is 3.19. The number of rotatable bonds is 2. The summed E-state index contributed by atoms with van der Waals surface area (Å²) in [5.74, 6) is 1.81. The van der Waals surface area contributed by atoms with Crippen molar-refractivity contribution < 1.29 is 113 Å². The molecule has 2 unspecified atom stereocenters. The Bertz CT molecular complexity index is 1520. The second-order valence-corrected chi connectivity index (χ2v) is 7.97. The summed E-state index contributed by atoms with van der Waals surface area (Å²) < 4.78 is 3.64. The Labute approximate surface area is 328 Å². The number of aromatic nitrogens is 9. The third-order valence-corrected chi connectivity index (χ3v) is 5.55. The van der Waals surface area contributed by atoms with Gasteiger partial charge < -0.3 is 30.0 Å². The molecule has 0 saturated carbocycles. The van der Waals surface area contributed by atoms with Crippen LogP contribution in [0.5, 0.6) is 0 Å². The van der Waals surface area contributed by atoms with Gasteiger partial charge in [0.25, 0.3) is 0 Å². The number of nitrogens with two attached hydrogens (primary N) is 1. The van der Waals surface area contributed by atoms with Crippen LogP contribution in [0.15, 0.2) is 55.8 Å². The molecule has 12 nitrogen and oxygen atoms in total. The van der Waals surface area contributed by atoms with Crippen molar-refractivity contribution in [2.45, 2.75) is 0 Å². The molecule has 5 N–H and O–H groups in total. The van der Waals surface area contributed by atoms with Crippen LogP contribution < -0.4 is 16.4 Å². The number of nitrogens with zero attached hydrogens (tertiary/aromatic N) is 8. The Morgan fingerprint density at radius 2 is 1.15 bits per heavy atom. The standard InChI is InChI=1S/C7H9N4P.C7H8N4.C6H7N4P.CH3Br.3Ar/c1-8-5-4-11(12)7-6(5)9-2-3-10-7;1-8-5-4-11-7-6(5)9-2-3-10-7;7-4-3-10(11)6-5(4)8-1-2-9-6;1-2;;;/h2-4,8H,12H2,1H3;2-4,8H,1H3,(H,10,11);1-3H,7,11H2;1H3;;;. The number of hydrogen-bond donors (Lipinski definition) is 4. The molecule has 0 aromatic carbocycles. The second-order valence-electron chi connectivity index (χ2n) is 6.85. The number of hydrogen-bond acceptors (Lipinski definition) is 9. The van der Waals surface area contributed by atoms with Gasteiger partial charge in [-0.3, -0.25) is 0 Å². The number of aromatic amines is 1. The summed E-state index contributed by atoms with van der Waals surface area (Å²) in [5.41, 5.74) is 13.3. The fraction of sp³-hybridized carbons (Fsp3) is 0.143. The molecule has 0 bridgehead atoms. The van der Waals surface area contributed by atoms with E-state index in [-0.39, 0.29) is 113 Å². The van der Waals surface area contributed by atoms with Crippen molar-refractivity contribution in [3.63, 3.8) is 0 Å². The van der Waals surface area contributed by atoms with Crippen LogP contribution in [0.25, 0.3) is 33.5 Å². The molecule has 0 aliphatic heterocycles. The Morgan fingerprint density at radius 3 is 1.72 bits per heavy atom. The van der Waals surface area contributed by atoms with Gasteiger partial charge in [0.05, 0.1) is 17.1 Å². The number of halogens is 1. The summed E-state index contributed by atoms with van der Waals surface area (Å²) in [5, 5.41) is 6.07. The van der Waals surface area contributed by atoms with Gasteiger partial charge in [-0.15, -0.1) is 0 Å². The van der Waals surface area contributed by atoms with Crippen LogP contribution in [0.4, 0.5) is 17.1 Å². The molecule has 6 aromatic rings. The zero-order valence-electron chi connectivity index (χ0n) is 20.9. The Hall–Kier alpha value is 0.379. The zero-order valence-corrected chi connectivity index (χ0v) is 27.0. The number of nitrogens with one attached hydrogen (secondary N) is 3. The maximum absolute atomic E-state index is 5.64. The fourth-order valence-corrected chi connectivity index (χ4v) is 3.88. The van der Waals surface area contributed by atoms with Crippen LogP contribution in [0, 0.1) is 113 Å². The van der Waals surface area contributed by atoms with Crippen LogP contribution in [0.2, 0.25) is 0 Å². The van der Waals surface area contributed by atoms with Gasteiger partial charge in [0, 0.05) is 183 Å². The molecule has 0 amide bonds. The first-order chi connectivity index (χ1) is 17.5. The van der Waals surface area contributed by atoms with Gasteiger partial charge >= 0.3 is 0 Å². The topological polar surface area (TPSA) is 153 Å². The average molecular weight is 709 g/mol. The van der Waals surface area contributed by atoms with Crippen molar-refractivity contribution in [2.75, 3.05) is 36.3 Å². The Morgan fingerprint density at radius 1 is 0.692 bits per heavy atom. The Balaban J connectivity index is 0.000000519. The normalized spacial score (nSPS) is 9.28. The minimum atomic E-state index is 0. The van der Waals surface area contributed by atoms with E-state index in [0.717, 1.165) is 44.9 Å². The first-order valence-corrected chi connectivity index (χ1v) is 13.1. The van der Waals surface area contributed by atoms with Gasteiger partial charge in [-0.2, -0.15) is 0 Å². The summed E-state index contributed by atoms with van der Waals surface area (Å²) in [7, 11) is 8.79. The SMILES string of the molecule is CBr.CNc1c[nH]c2nccnc12.CNc1cn(P)c2nccnc12.Nc1cn(P)c2nccnc12.[Ar].[Ar].[Ar]. The van der Waals surface area contributed by atoms with Gasteiger partial charge in [0.2, 0.25) is 0 Å². The molecule has 0 fully saturated rings. The van der Waals surface area contributed by atoms with Crippen molar-refractivity contribution in [1.82, 2.24) is 43.6 Å². The number of anilines is 3. The molecular weight excluding hydrogens is 682 g/mol. The summed E-state index contributed by atoms with van der Waals surface area (Å²) in [6.45, 7) is 0. The maximum atomic E-state index is 5.64. The van der Waals surface area contributed by atoms with Crippen molar-refractivity contribution in [3.05, 3.63) is 55.8 Å². The molecule has 39 heavy (non-hydrogen) atoms. The minimum Gasteiger partial charge on any atom is -0.396 e. The van der Waals surface area contributed by atoms with Crippen molar-refractivity contribution >= 4 is 85.3 Å².